The van der Waals surface area contributed by atoms with Gasteiger partial charge in [0.1, 0.15) is 0 Å². The monoisotopic (exact) mass is 186 g/mol. The third kappa shape index (κ3) is 1.52. The second kappa shape index (κ2) is 3.38. The van der Waals surface area contributed by atoms with E-state index in [0.717, 1.165) is 0 Å². The number of nitrogens with two attached hydrogens (primary N) is 1. The van der Waals surface area contributed by atoms with Crippen molar-refractivity contribution in [2.75, 3.05) is 5.73 Å². The van der Waals surface area contributed by atoms with Gasteiger partial charge in [-0.25, -0.2) is 0 Å². The molecule has 3 nitrogen and oxygen atoms in total. The molecular formula is C11H10N2O. The average Bonchev–Trinajstić information content (AvgIpc) is 2.71. The van der Waals surface area contributed by atoms with Crippen molar-refractivity contribution in [2.24, 2.45) is 0 Å². The van der Waals surface area contributed by atoms with Crippen LogP contribution in [0.15, 0.2) is 48.8 Å². The van der Waals surface area contributed by atoms with Gasteiger partial charge in [-0.2, -0.15) is 0 Å². The quantitative estimate of drug-likeness (QED) is 0.690. The number of hydrogen-bond acceptors (Lipinski definition) is 2. The summed E-state index contributed by atoms with van der Waals surface area (Å²) in [5, 5.41) is 0. The third-order valence-corrected chi connectivity index (χ3v) is 2.00. The highest BCUT2D eigenvalue weighted by molar-refractivity contribution is 5.96. The van der Waals surface area contributed by atoms with Gasteiger partial charge in [-0.05, 0) is 36.4 Å². The Morgan fingerprint density at radius 1 is 1.07 bits per heavy atom. The van der Waals surface area contributed by atoms with Gasteiger partial charge in [0.05, 0.1) is 0 Å². The van der Waals surface area contributed by atoms with Gasteiger partial charge in [-0.15, -0.1) is 0 Å². The molecule has 0 unspecified atom stereocenters. The zero-order chi connectivity index (χ0) is 9.97. The van der Waals surface area contributed by atoms with Crippen LogP contribution in [-0.2, 0) is 0 Å². The molecule has 0 aliphatic rings. The molecule has 2 aromatic rings. The number of benzene rings is 1. The summed E-state index contributed by atoms with van der Waals surface area (Å²) < 4.78 is 1.53. The second-order valence-corrected chi connectivity index (χ2v) is 3.02. The van der Waals surface area contributed by atoms with Gasteiger partial charge >= 0.3 is 0 Å². The van der Waals surface area contributed by atoms with Crippen LogP contribution in [0.5, 0.6) is 0 Å². The zero-order valence-electron chi connectivity index (χ0n) is 7.55. The Morgan fingerprint density at radius 3 is 2.21 bits per heavy atom. The number of anilines is 1. The minimum Gasteiger partial charge on any atom is -0.399 e. The lowest BCUT2D eigenvalue weighted by Crippen LogP contribution is -2.09. The van der Waals surface area contributed by atoms with E-state index in [1.54, 1.807) is 36.7 Å². The van der Waals surface area contributed by atoms with Gasteiger partial charge in [0.15, 0.2) is 0 Å². The van der Waals surface area contributed by atoms with Gasteiger partial charge in [0.2, 0.25) is 0 Å². The van der Waals surface area contributed by atoms with Crippen LogP contribution in [0.2, 0.25) is 0 Å². The number of carbonyl (C=O) groups is 1. The molecule has 3 heteroatoms. The first-order chi connectivity index (χ1) is 6.77. The van der Waals surface area contributed by atoms with Crippen LogP contribution < -0.4 is 5.73 Å². The fraction of sp³-hybridized carbons (Fsp3) is 0. The standard InChI is InChI=1S/C11H10N2O/c12-10-5-3-9(4-6-10)11(14)13-7-1-2-8-13/h1-8H,12H2. The summed E-state index contributed by atoms with van der Waals surface area (Å²) in [5.74, 6) is -0.0463. The van der Waals surface area contributed by atoms with Gasteiger partial charge in [-0.3, -0.25) is 9.36 Å². The molecule has 0 radical (unpaired) electrons. The third-order valence-electron chi connectivity index (χ3n) is 2.00. The van der Waals surface area contributed by atoms with E-state index in [0.29, 0.717) is 11.3 Å². The molecule has 0 spiro atoms. The highest BCUT2D eigenvalue weighted by Gasteiger charge is 2.05. The van der Waals surface area contributed by atoms with Crippen molar-refractivity contribution in [1.29, 1.82) is 0 Å². The van der Waals surface area contributed by atoms with Crippen LogP contribution >= 0.6 is 0 Å². The zero-order valence-corrected chi connectivity index (χ0v) is 7.55. The van der Waals surface area contributed by atoms with Gasteiger partial charge in [0, 0.05) is 23.6 Å². The van der Waals surface area contributed by atoms with Crippen molar-refractivity contribution in [3.05, 3.63) is 54.4 Å². The van der Waals surface area contributed by atoms with Crippen LogP contribution in [0, 0.1) is 0 Å². The summed E-state index contributed by atoms with van der Waals surface area (Å²) in [6.07, 6.45) is 3.44. The van der Waals surface area contributed by atoms with Crippen molar-refractivity contribution in [1.82, 2.24) is 4.57 Å². The van der Waals surface area contributed by atoms with E-state index >= 15 is 0 Å². The molecule has 0 saturated heterocycles. The molecule has 2 rings (SSSR count). The van der Waals surface area contributed by atoms with Crippen molar-refractivity contribution >= 4 is 11.6 Å². The van der Waals surface area contributed by atoms with Crippen molar-refractivity contribution in [3.63, 3.8) is 0 Å². The van der Waals surface area contributed by atoms with E-state index in [1.807, 2.05) is 12.1 Å². The molecule has 0 amide bonds. The van der Waals surface area contributed by atoms with Crippen molar-refractivity contribution in [2.45, 2.75) is 0 Å². The lowest BCUT2D eigenvalue weighted by atomic mass is 10.2. The molecule has 1 aromatic carbocycles. The molecule has 0 fully saturated rings. The van der Waals surface area contributed by atoms with E-state index in [4.69, 9.17) is 5.73 Å². The van der Waals surface area contributed by atoms with Gasteiger partial charge in [-0.1, -0.05) is 0 Å². The molecule has 14 heavy (non-hydrogen) atoms. The lowest BCUT2D eigenvalue weighted by molar-refractivity contribution is 0.0960. The number of carbonyl (C=O) groups excluding carboxylic acids is 1. The highest BCUT2D eigenvalue weighted by atomic mass is 16.2. The number of rotatable bonds is 1. The van der Waals surface area contributed by atoms with Crippen LogP contribution in [0.4, 0.5) is 5.69 Å². The summed E-state index contributed by atoms with van der Waals surface area (Å²) in [5.41, 5.74) is 6.82. The maximum absolute atomic E-state index is 11.7. The van der Waals surface area contributed by atoms with Crippen LogP contribution in [-0.4, -0.2) is 10.5 Å². The highest BCUT2D eigenvalue weighted by Crippen LogP contribution is 2.07. The molecule has 2 N–H and O–H groups in total. The van der Waals surface area contributed by atoms with Gasteiger partial charge < -0.3 is 5.73 Å². The maximum atomic E-state index is 11.7. The SMILES string of the molecule is Nc1ccc(C(=O)n2cccc2)cc1. The lowest BCUT2D eigenvalue weighted by Gasteiger charge is -2.01. The minimum atomic E-state index is -0.0463. The number of hydrogen-bond donors (Lipinski definition) is 1. The molecule has 70 valence electrons. The first-order valence-corrected chi connectivity index (χ1v) is 4.30. The Hall–Kier alpha value is -2.03. The van der Waals surface area contributed by atoms with Gasteiger partial charge in [0.25, 0.3) is 5.91 Å². The Balaban J connectivity index is 2.33. The number of nitrogens with zero attached hydrogens (tertiary/aromatic N) is 1. The smallest absolute Gasteiger partial charge is 0.261 e. The summed E-state index contributed by atoms with van der Waals surface area (Å²) in [6, 6.07) is 10.5. The van der Waals surface area contributed by atoms with E-state index in [9.17, 15) is 4.79 Å². The Morgan fingerprint density at radius 2 is 1.64 bits per heavy atom. The topological polar surface area (TPSA) is 48.0 Å². The molecule has 0 bridgehead atoms. The van der Waals surface area contributed by atoms with E-state index in [1.165, 1.54) is 4.57 Å². The summed E-state index contributed by atoms with van der Waals surface area (Å²) in [6.45, 7) is 0. The fourth-order valence-corrected chi connectivity index (χ4v) is 1.24. The predicted molar refractivity (Wildman–Crippen MR) is 55.0 cm³/mol. The molecule has 1 heterocycles. The summed E-state index contributed by atoms with van der Waals surface area (Å²) >= 11 is 0. The minimum absolute atomic E-state index is 0.0463. The fourth-order valence-electron chi connectivity index (χ4n) is 1.24. The normalized spacial score (nSPS) is 10.0. The molecule has 1 aromatic heterocycles. The predicted octanol–water partition coefficient (Wildman–Crippen LogP) is 1.76. The molecule has 0 aliphatic carbocycles. The Kier molecular flexibility index (Phi) is 2.07. The summed E-state index contributed by atoms with van der Waals surface area (Å²) in [4.78, 5) is 11.7. The van der Waals surface area contributed by atoms with E-state index in [2.05, 4.69) is 0 Å². The molecule has 0 saturated carbocycles. The van der Waals surface area contributed by atoms with Crippen LogP contribution in [0.25, 0.3) is 0 Å². The maximum Gasteiger partial charge on any atom is 0.261 e. The van der Waals surface area contributed by atoms with Crippen molar-refractivity contribution in [3.8, 4) is 0 Å². The van der Waals surface area contributed by atoms with E-state index in [-0.39, 0.29) is 5.91 Å². The molecule has 0 aliphatic heterocycles. The van der Waals surface area contributed by atoms with Crippen LogP contribution in [0.3, 0.4) is 0 Å². The number of aromatic nitrogens is 1. The first-order valence-electron chi connectivity index (χ1n) is 4.30. The van der Waals surface area contributed by atoms with E-state index < -0.39 is 0 Å². The Labute approximate surface area is 81.8 Å². The van der Waals surface area contributed by atoms with Crippen molar-refractivity contribution < 1.29 is 4.79 Å². The Bertz CT molecular complexity index is 429. The second-order valence-electron chi connectivity index (χ2n) is 3.02. The summed E-state index contributed by atoms with van der Waals surface area (Å²) in [7, 11) is 0. The molecular weight excluding hydrogens is 176 g/mol. The van der Waals surface area contributed by atoms with Crippen LogP contribution in [0.1, 0.15) is 10.4 Å². The number of nitrogen functional groups attached to an aromatic ring is 1. The largest absolute Gasteiger partial charge is 0.399 e. The average molecular weight is 186 g/mol. The first kappa shape index (κ1) is 8.56. The molecule has 0 atom stereocenters.